The first-order valence-corrected chi connectivity index (χ1v) is 9.07. The third-order valence-corrected chi connectivity index (χ3v) is 4.51. The van der Waals surface area contributed by atoms with Crippen LogP contribution in [0.3, 0.4) is 0 Å². The van der Waals surface area contributed by atoms with E-state index in [9.17, 15) is 0 Å². The Labute approximate surface area is 132 Å². The molecule has 0 bridgehead atoms. The van der Waals surface area contributed by atoms with Gasteiger partial charge in [-0.05, 0) is 43.7 Å². The van der Waals surface area contributed by atoms with E-state index in [4.69, 9.17) is 0 Å². The fraction of sp³-hybridized carbons (Fsp3) is 0.700. The lowest BCUT2D eigenvalue weighted by Gasteiger charge is -2.23. The average Bonchev–Trinajstić information content (AvgIpc) is 2.52. The van der Waals surface area contributed by atoms with Crippen molar-refractivity contribution in [3.8, 4) is 0 Å². The van der Waals surface area contributed by atoms with Crippen molar-refractivity contribution in [3.05, 3.63) is 35.9 Å². The molecule has 1 aromatic carbocycles. The highest BCUT2D eigenvalue weighted by molar-refractivity contribution is 5.14. The van der Waals surface area contributed by atoms with Crippen LogP contribution in [0.5, 0.6) is 0 Å². The second kappa shape index (κ2) is 11.8. The fourth-order valence-electron chi connectivity index (χ4n) is 3.17. The van der Waals surface area contributed by atoms with Crippen LogP contribution in [0, 0.1) is 5.92 Å². The SMILES string of the molecule is CCCCC(CC)CC(CCCc1ccccc1)NCC. The lowest BCUT2D eigenvalue weighted by atomic mass is 9.90. The average molecular weight is 290 g/mol. The summed E-state index contributed by atoms with van der Waals surface area (Å²) in [5.41, 5.74) is 1.48. The Morgan fingerprint density at radius 1 is 0.952 bits per heavy atom. The second-order valence-electron chi connectivity index (χ2n) is 6.28. The van der Waals surface area contributed by atoms with E-state index in [0.29, 0.717) is 6.04 Å². The molecule has 1 nitrogen and oxygen atoms in total. The molecule has 0 saturated heterocycles. The quantitative estimate of drug-likeness (QED) is 0.528. The van der Waals surface area contributed by atoms with Crippen molar-refractivity contribution >= 4 is 0 Å². The Bertz CT molecular complexity index is 333. The summed E-state index contributed by atoms with van der Waals surface area (Å²) in [4.78, 5) is 0. The van der Waals surface area contributed by atoms with Gasteiger partial charge in [-0.25, -0.2) is 0 Å². The van der Waals surface area contributed by atoms with E-state index in [1.807, 2.05) is 0 Å². The molecular weight excluding hydrogens is 254 g/mol. The maximum Gasteiger partial charge on any atom is 0.00696 e. The molecule has 1 N–H and O–H groups in total. The van der Waals surface area contributed by atoms with Gasteiger partial charge in [0.1, 0.15) is 0 Å². The minimum absolute atomic E-state index is 0.709. The zero-order valence-corrected chi connectivity index (χ0v) is 14.4. The molecule has 0 fully saturated rings. The molecular formula is C20H35N. The van der Waals surface area contributed by atoms with Crippen LogP contribution >= 0.6 is 0 Å². The molecule has 0 aliphatic rings. The lowest BCUT2D eigenvalue weighted by Crippen LogP contribution is -2.31. The van der Waals surface area contributed by atoms with Crippen molar-refractivity contribution in [1.82, 2.24) is 5.32 Å². The zero-order valence-electron chi connectivity index (χ0n) is 14.4. The van der Waals surface area contributed by atoms with E-state index in [2.05, 4.69) is 56.4 Å². The van der Waals surface area contributed by atoms with Gasteiger partial charge in [0.25, 0.3) is 0 Å². The molecule has 0 aliphatic heterocycles. The van der Waals surface area contributed by atoms with Crippen molar-refractivity contribution in [1.29, 1.82) is 0 Å². The van der Waals surface area contributed by atoms with E-state index in [1.54, 1.807) is 0 Å². The summed E-state index contributed by atoms with van der Waals surface area (Å²) in [6, 6.07) is 11.6. The van der Waals surface area contributed by atoms with Gasteiger partial charge in [-0.15, -0.1) is 0 Å². The van der Waals surface area contributed by atoms with E-state index < -0.39 is 0 Å². The van der Waals surface area contributed by atoms with Crippen LogP contribution in [0.4, 0.5) is 0 Å². The molecule has 1 aromatic rings. The molecule has 1 rings (SSSR count). The number of rotatable bonds is 12. The Morgan fingerprint density at radius 3 is 2.33 bits per heavy atom. The van der Waals surface area contributed by atoms with Crippen LogP contribution in [0.2, 0.25) is 0 Å². The predicted octanol–water partition coefficient (Wildman–Crippen LogP) is 5.59. The van der Waals surface area contributed by atoms with Gasteiger partial charge in [-0.2, -0.15) is 0 Å². The first-order chi connectivity index (χ1) is 10.3. The molecule has 2 unspecified atom stereocenters. The predicted molar refractivity (Wildman–Crippen MR) is 94.8 cm³/mol. The third-order valence-electron chi connectivity index (χ3n) is 4.51. The highest BCUT2D eigenvalue weighted by Gasteiger charge is 2.14. The van der Waals surface area contributed by atoms with Crippen molar-refractivity contribution in [3.63, 3.8) is 0 Å². The molecule has 120 valence electrons. The number of benzene rings is 1. The van der Waals surface area contributed by atoms with Gasteiger partial charge < -0.3 is 5.32 Å². The minimum Gasteiger partial charge on any atom is -0.314 e. The van der Waals surface area contributed by atoms with Crippen LogP contribution in [0.15, 0.2) is 30.3 Å². The molecule has 0 saturated carbocycles. The summed E-state index contributed by atoms with van der Waals surface area (Å²) in [7, 11) is 0. The van der Waals surface area contributed by atoms with Crippen LogP contribution in [-0.2, 0) is 6.42 Å². The number of aryl methyl sites for hydroxylation is 1. The topological polar surface area (TPSA) is 12.0 Å². The number of nitrogens with one attached hydrogen (secondary N) is 1. The number of unbranched alkanes of at least 4 members (excludes halogenated alkanes) is 1. The standard InChI is InChI=1S/C20H35N/c1-4-7-12-18(5-2)17-20(21-6-3)16-11-15-19-13-9-8-10-14-19/h8-10,13-14,18,20-21H,4-7,11-12,15-17H2,1-3H3. The molecule has 21 heavy (non-hydrogen) atoms. The summed E-state index contributed by atoms with van der Waals surface area (Å²) >= 11 is 0. The molecule has 2 atom stereocenters. The summed E-state index contributed by atoms with van der Waals surface area (Å²) in [5.74, 6) is 0.908. The zero-order chi connectivity index (χ0) is 15.3. The lowest BCUT2D eigenvalue weighted by molar-refractivity contribution is 0.337. The molecule has 0 aliphatic carbocycles. The van der Waals surface area contributed by atoms with Gasteiger partial charge in [0, 0.05) is 6.04 Å². The first kappa shape index (κ1) is 18.2. The summed E-state index contributed by atoms with van der Waals surface area (Å²) in [6.45, 7) is 7.99. The summed E-state index contributed by atoms with van der Waals surface area (Å²) in [5, 5.41) is 3.71. The van der Waals surface area contributed by atoms with Gasteiger partial charge in [-0.1, -0.05) is 76.8 Å². The Hall–Kier alpha value is -0.820. The minimum atomic E-state index is 0.709. The van der Waals surface area contributed by atoms with Crippen LogP contribution in [0.25, 0.3) is 0 Å². The van der Waals surface area contributed by atoms with E-state index in [0.717, 1.165) is 12.5 Å². The first-order valence-electron chi connectivity index (χ1n) is 9.07. The summed E-state index contributed by atoms with van der Waals surface area (Å²) < 4.78 is 0. The van der Waals surface area contributed by atoms with Gasteiger partial charge in [0.05, 0.1) is 0 Å². The Morgan fingerprint density at radius 2 is 1.71 bits per heavy atom. The second-order valence-corrected chi connectivity index (χ2v) is 6.28. The molecule has 0 amide bonds. The van der Waals surface area contributed by atoms with Gasteiger partial charge in [0.15, 0.2) is 0 Å². The van der Waals surface area contributed by atoms with E-state index in [1.165, 1.54) is 56.9 Å². The normalized spacial score (nSPS) is 14.0. The molecule has 0 aromatic heterocycles. The largest absolute Gasteiger partial charge is 0.314 e. The van der Waals surface area contributed by atoms with Gasteiger partial charge in [0.2, 0.25) is 0 Å². The monoisotopic (exact) mass is 289 g/mol. The number of hydrogen-bond donors (Lipinski definition) is 1. The van der Waals surface area contributed by atoms with E-state index >= 15 is 0 Å². The van der Waals surface area contributed by atoms with Crippen molar-refractivity contribution in [2.45, 2.75) is 78.2 Å². The maximum atomic E-state index is 3.71. The maximum absolute atomic E-state index is 3.71. The molecule has 1 heteroatoms. The molecule has 0 heterocycles. The van der Waals surface area contributed by atoms with E-state index in [-0.39, 0.29) is 0 Å². The number of hydrogen-bond acceptors (Lipinski definition) is 1. The van der Waals surface area contributed by atoms with Crippen LogP contribution < -0.4 is 5.32 Å². The van der Waals surface area contributed by atoms with Gasteiger partial charge >= 0.3 is 0 Å². The van der Waals surface area contributed by atoms with Crippen LogP contribution in [-0.4, -0.2) is 12.6 Å². The van der Waals surface area contributed by atoms with Gasteiger partial charge in [-0.3, -0.25) is 0 Å². The van der Waals surface area contributed by atoms with Crippen LogP contribution in [0.1, 0.15) is 71.3 Å². The Kier molecular flexibility index (Phi) is 10.2. The van der Waals surface area contributed by atoms with Crippen molar-refractivity contribution in [2.75, 3.05) is 6.54 Å². The smallest absolute Gasteiger partial charge is 0.00696 e. The summed E-state index contributed by atoms with van der Waals surface area (Å²) in [6.07, 6.45) is 10.6. The highest BCUT2D eigenvalue weighted by atomic mass is 14.9. The molecule has 0 radical (unpaired) electrons. The fourth-order valence-corrected chi connectivity index (χ4v) is 3.17. The van der Waals surface area contributed by atoms with Crippen molar-refractivity contribution < 1.29 is 0 Å². The molecule has 0 spiro atoms. The van der Waals surface area contributed by atoms with Crippen molar-refractivity contribution in [2.24, 2.45) is 5.92 Å². The third kappa shape index (κ3) is 8.26. The Balaban J connectivity index is 2.34. The highest BCUT2D eigenvalue weighted by Crippen LogP contribution is 2.21.